The number of aryl methyl sites for hydroxylation is 1. The maximum absolute atomic E-state index is 11.6. The second kappa shape index (κ2) is 10.8. The minimum absolute atomic E-state index is 0.164. The van der Waals surface area contributed by atoms with Crippen LogP contribution in [0.25, 0.3) is 11.0 Å². The first kappa shape index (κ1) is 20.3. The van der Waals surface area contributed by atoms with Crippen molar-refractivity contribution in [3.8, 4) is 0 Å². The number of anilines is 2. The van der Waals surface area contributed by atoms with Gasteiger partial charge in [0.25, 0.3) is 5.56 Å². The van der Waals surface area contributed by atoms with Crippen LogP contribution in [-0.2, 0) is 0 Å². The number of nitrogens with two attached hydrogens (primary N) is 1. The molecule has 0 unspecified atom stereocenters. The Bertz CT molecular complexity index is 739. The number of hydrogen-bond donors (Lipinski definition) is 3. The molecule has 0 fully saturated rings. The molecule has 26 heavy (non-hydrogen) atoms. The molecule has 1 heterocycles. The summed E-state index contributed by atoms with van der Waals surface area (Å²) in [7, 11) is 0. The molecular weight excluding hydrogens is 324 g/mol. The fourth-order valence-electron chi connectivity index (χ4n) is 3.23. The molecule has 0 amide bonds. The van der Waals surface area contributed by atoms with Crippen LogP contribution in [0.3, 0.4) is 0 Å². The zero-order valence-corrected chi connectivity index (χ0v) is 16.4. The maximum Gasteiger partial charge on any atom is 0.269 e. The first-order valence-corrected chi connectivity index (χ1v) is 10.2. The van der Waals surface area contributed by atoms with Crippen LogP contribution in [0.2, 0.25) is 0 Å². The molecule has 0 radical (unpaired) electrons. The molecule has 0 saturated heterocycles. The second-order valence-corrected chi connectivity index (χ2v) is 7.22. The number of hydrogen-bond acceptors (Lipinski definition) is 4. The summed E-state index contributed by atoms with van der Waals surface area (Å²) < 4.78 is 0. The van der Waals surface area contributed by atoms with Crippen LogP contribution >= 0.6 is 0 Å². The molecule has 0 aliphatic heterocycles. The Morgan fingerprint density at radius 2 is 1.62 bits per heavy atom. The van der Waals surface area contributed by atoms with Crippen LogP contribution in [0.15, 0.2) is 16.9 Å². The van der Waals surface area contributed by atoms with Gasteiger partial charge in [-0.2, -0.15) is 0 Å². The number of aromatic amines is 1. The molecule has 4 N–H and O–H groups in total. The number of nitrogens with zero attached hydrogens (tertiary/aromatic N) is 1. The van der Waals surface area contributed by atoms with Crippen molar-refractivity contribution in [3.63, 3.8) is 0 Å². The summed E-state index contributed by atoms with van der Waals surface area (Å²) in [6, 6.07) is 3.70. The van der Waals surface area contributed by atoms with Crippen molar-refractivity contribution >= 4 is 22.4 Å². The molecule has 2 rings (SSSR count). The number of benzene rings is 1. The predicted molar refractivity (Wildman–Crippen MR) is 112 cm³/mol. The molecule has 0 spiro atoms. The Hall–Kier alpha value is -2.04. The molecule has 0 aliphatic carbocycles. The standard InChI is InChI=1S/C21H34N4O/c1-3-4-5-6-7-8-9-10-11-12-13-23-18-15-20-19(14-17(18)22)25-21(26)16(2)24-20/h14-15,23H,3-13,22H2,1-2H3,(H,25,26). The van der Waals surface area contributed by atoms with Crippen molar-refractivity contribution in [2.75, 3.05) is 17.6 Å². The molecule has 1 aromatic carbocycles. The number of aromatic nitrogens is 2. The van der Waals surface area contributed by atoms with E-state index in [2.05, 4.69) is 22.2 Å². The summed E-state index contributed by atoms with van der Waals surface area (Å²) in [5, 5.41) is 3.41. The summed E-state index contributed by atoms with van der Waals surface area (Å²) in [6.07, 6.45) is 13.3. The Morgan fingerprint density at radius 1 is 1.00 bits per heavy atom. The van der Waals surface area contributed by atoms with Gasteiger partial charge in [-0.3, -0.25) is 4.79 Å². The highest BCUT2D eigenvalue weighted by Crippen LogP contribution is 2.23. The van der Waals surface area contributed by atoms with Gasteiger partial charge in [0.15, 0.2) is 0 Å². The molecule has 0 saturated carbocycles. The van der Waals surface area contributed by atoms with Crippen LogP contribution in [0, 0.1) is 6.92 Å². The van der Waals surface area contributed by atoms with Crippen molar-refractivity contribution in [2.45, 2.75) is 78.1 Å². The normalized spacial score (nSPS) is 11.2. The van der Waals surface area contributed by atoms with Gasteiger partial charge in [-0.25, -0.2) is 4.98 Å². The van der Waals surface area contributed by atoms with Gasteiger partial charge in [0.2, 0.25) is 0 Å². The minimum Gasteiger partial charge on any atom is -0.397 e. The zero-order chi connectivity index (χ0) is 18.8. The number of nitrogen functional groups attached to an aromatic ring is 1. The van der Waals surface area contributed by atoms with Gasteiger partial charge in [0.05, 0.1) is 22.4 Å². The monoisotopic (exact) mass is 358 g/mol. The van der Waals surface area contributed by atoms with Gasteiger partial charge >= 0.3 is 0 Å². The summed E-state index contributed by atoms with van der Waals surface area (Å²) in [5.74, 6) is 0. The van der Waals surface area contributed by atoms with Gasteiger partial charge in [0.1, 0.15) is 5.69 Å². The van der Waals surface area contributed by atoms with E-state index in [4.69, 9.17) is 5.73 Å². The quantitative estimate of drug-likeness (QED) is 0.362. The topological polar surface area (TPSA) is 83.8 Å². The third-order valence-electron chi connectivity index (χ3n) is 4.88. The average molecular weight is 359 g/mol. The fourth-order valence-corrected chi connectivity index (χ4v) is 3.23. The lowest BCUT2D eigenvalue weighted by Gasteiger charge is -2.11. The minimum atomic E-state index is -0.164. The summed E-state index contributed by atoms with van der Waals surface area (Å²) in [6.45, 7) is 4.89. The highest BCUT2D eigenvalue weighted by molar-refractivity contribution is 5.86. The first-order chi connectivity index (χ1) is 12.6. The Balaban J connectivity index is 1.67. The number of nitrogens with one attached hydrogen (secondary N) is 2. The summed E-state index contributed by atoms with van der Waals surface area (Å²) in [5.41, 5.74) is 9.39. The largest absolute Gasteiger partial charge is 0.397 e. The van der Waals surface area contributed by atoms with Gasteiger partial charge in [-0.05, 0) is 25.5 Å². The molecule has 0 aliphatic rings. The first-order valence-electron chi connectivity index (χ1n) is 10.2. The fraction of sp³-hybridized carbons (Fsp3) is 0.619. The highest BCUT2D eigenvalue weighted by atomic mass is 16.1. The SMILES string of the molecule is CCCCCCCCCCCCNc1cc2nc(C)c(=O)[nH]c2cc1N. The van der Waals surface area contributed by atoms with E-state index in [-0.39, 0.29) is 5.56 Å². The van der Waals surface area contributed by atoms with E-state index in [1.165, 1.54) is 57.8 Å². The lowest BCUT2D eigenvalue weighted by molar-refractivity contribution is 0.560. The van der Waals surface area contributed by atoms with E-state index in [1.54, 1.807) is 13.0 Å². The Morgan fingerprint density at radius 3 is 2.27 bits per heavy atom. The van der Waals surface area contributed by atoms with Crippen molar-refractivity contribution in [1.82, 2.24) is 9.97 Å². The van der Waals surface area contributed by atoms with E-state index >= 15 is 0 Å². The third kappa shape index (κ3) is 6.36. The average Bonchev–Trinajstić information content (AvgIpc) is 2.61. The van der Waals surface area contributed by atoms with Crippen LogP contribution < -0.4 is 16.6 Å². The number of fused-ring (bicyclic) bond motifs is 1. The molecular formula is C21H34N4O. The van der Waals surface area contributed by atoms with E-state index in [1.807, 2.05) is 6.07 Å². The highest BCUT2D eigenvalue weighted by Gasteiger charge is 2.05. The molecule has 0 bridgehead atoms. The van der Waals surface area contributed by atoms with E-state index in [0.29, 0.717) is 16.9 Å². The van der Waals surface area contributed by atoms with Crippen molar-refractivity contribution < 1.29 is 0 Å². The number of rotatable bonds is 12. The van der Waals surface area contributed by atoms with Crippen LogP contribution in [0.5, 0.6) is 0 Å². The number of H-pyrrole nitrogens is 1. The second-order valence-electron chi connectivity index (χ2n) is 7.22. The van der Waals surface area contributed by atoms with E-state index < -0.39 is 0 Å². The van der Waals surface area contributed by atoms with E-state index in [9.17, 15) is 4.79 Å². The van der Waals surface area contributed by atoms with Crippen LogP contribution in [-0.4, -0.2) is 16.5 Å². The van der Waals surface area contributed by atoms with E-state index in [0.717, 1.165) is 24.2 Å². The lowest BCUT2D eigenvalue weighted by atomic mass is 10.1. The number of unbranched alkanes of at least 4 members (excludes halogenated alkanes) is 9. The molecule has 2 aromatic rings. The Kier molecular flexibility index (Phi) is 8.45. The third-order valence-corrected chi connectivity index (χ3v) is 4.88. The lowest BCUT2D eigenvalue weighted by Crippen LogP contribution is -2.12. The van der Waals surface area contributed by atoms with Crippen LogP contribution in [0.1, 0.15) is 76.8 Å². The van der Waals surface area contributed by atoms with Gasteiger partial charge in [-0.1, -0.05) is 64.7 Å². The smallest absolute Gasteiger partial charge is 0.269 e. The van der Waals surface area contributed by atoms with Crippen LogP contribution in [0.4, 0.5) is 11.4 Å². The molecule has 5 nitrogen and oxygen atoms in total. The van der Waals surface area contributed by atoms with Crippen molar-refractivity contribution in [2.24, 2.45) is 0 Å². The van der Waals surface area contributed by atoms with Gasteiger partial charge < -0.3 is 16.0 Å². The Labute approximate surface area is 156 Å². The van der Waals surface area contributed by atoms with Gasteiger partial charge in [-0.15, -0.1) is 0 Å². The van der Waals surface area contributed by atoms with Gasteiger partial charge in [0, 0.05) is 6.54 Å². The molecule has 0 atom stereocenters. The predicted octanol–water partition coefficient (Wildman–Crippen LogP) is 5.15. The summed E-state index contributed by atoms with van der Waals surface area (Å²) >= 11 is 0. The summed E-state index contributed by atoms with van der Waals surface area (Å²) in [4.78, 5) is 18.8. The van der Waals surface area contributed by atoms with Crippen molar-refractivity contribution in [1.29, 1.82) is 0 Å². The molecule has 1 aromatic heterocycles. The molecule has 144 valence electrons. The molecule has 5 heteroatoms. The maximum atomic E-state index is 11.6. The van der Waals surface area contributed by atoms with Crippen molar-refractivity contribution in [3.05, 3.63) is 28.2 Å². The zero-order valence-electron chi connectivity index (χ0n) is 16.4.